The van der Waals surface area contributed by atoms with E-state index in [0.717, 1.165) is 76.2 Å². The van der Waals surface area contributed by atoms with Crippen LogP contribution in [0.2, 0.25) is 0 Å². The molecule has 16 rings (SSSR count). The first-order valence-electron chi connectivity index (χ1n) is 27.3. The van der Waals surface area contributed by atoms with Crippen LogP contribution in [0.15, 0.2) is 229 Å². The Morgan fingerprint density at radius 1 is 0.324 bits per heavy atom. The summed E-state index contributed by atoms with van der Waals surface area (Å²) < 4.78 is 88.7. The molecule has 0 unspecified atom stereocenters. The third-order valence-electron chi connectivity index (χ3n) is 14.1. The SMILES string of the molecule is [2H]c1c([2H])c([2H])c2c(c1[2H])c1c([2H])c([2H])c([2H])c([2H])c1n2-c1cccc(-n2c3ccccc3c3ccc4oc5ccccc5c4c32)c1-c1nc(-n2c3ccccc3c3ccccc32)nc(-n2c3ccccc3c3ccccc32)n1. The first kappa shape index (κ1) is 31.3. The number of benzene rings is 10. The highest BCUT2D eigenvalue weighted by Gasteiger charge is 2.28. The van der Waals surface area contributed by atoms with Crippen LogP contribution < -0.4 is 0 Å². The highest BCUT2D eigenvalue weighted by Crippen LogP contribution is 2.45. The van der Waals surface area contributed by atoms with E-state index in [-0.39, 0.29) is 45.2 Å². The van der Waals surface area contributed by atoms with E-state index in [1.807, 2.05) is 143 Å². The molecule has 0 aliphatic rings. The fourth-order valence-electron chi connectivity index (χ4n) is 11.2. The molecule has 16 aromatic rings. The number of rotatable bonds is 5. The molecule has 330 valence electrons. The Labute approximate surface area is 415 Å². The standard InChI is InChI=1S/C63H37N7O/c1-9-26-47-38(18-1)39-19-2-10-27-48(39)67(47)54-33-17-34-55(68-49-28-11-7-24-44(49)45-36-37-57-58(60(45)68)46-25-8-16-35-56(46)71-57)59(54)61-64-62(69-50-29-12-3-20-40(50)41-21-4-13-30-51(41)69)66-63(65-61)70-52-31-14-5-22-42(52)43-23-6-15-32-53(43)70/h1-37H/i1D,2D,9D,10D,18D,19D,26D,27D. The van der Waals surface area contributed by atoms with Crippen LogP contribution in [0.25, 0.3) is 144 Å². The quantitative estimate of drug-likeness (QED) is 0.172. The van der Waals surface area contributed by atoms with Gasteiger partial charge in [-0.25, -0.2) is 0 Å². The van der Waals surface area contributed by atoms with Crippen LogP contribution in [0.5, 0.6) is 0 Å². The molecule has 0 saturated heterocycles. The Morgan fingerprint density at radius 3 is 1.30 bits per heavy atom. The van der Waals surface area contributed by atoms with Crippen LogP contribution in [0.3, 0.4) is 0 Å². The van der Waals surface area contributed by atoms with Gasteiger partial charge in [-0.05, 0) is 72.7 Å². The first-order valence-corrected chi connectivity index (χ1v) is 23.3. The molecule has 0 spiro atoms. The number of nitrogens with zero attached hydrogens (tertiary/aromatic N) is 7. The average Bonchev–Trinajstić information content (AvgIpc) is 4.49. The molecule has 0 aliphatic carbocycles. The van der Waals surface area contributed by atoms with E-state index >= 15 is 0 Å². The Hall–Kier alpha value is -9.79. The molecule has 0 fully saturated rings. The molecule has 0 saturated carbocycles. The maximum Gasteiger partial charge on any atom is 0.240 e. The van der Waals surface area contributed by atoms with Crippen molar-refractivity contribution in [1.82, 2.24) is 33.2 Å². The molecular weight excluding hydrogens is 871 g/mol. The number of fused-ring (bicyclic) bond motifs is 16. The van der Waals surface area contributed by atoms with Crippen molar-refractivity contribution in [1.29, 1.82) is 0 Å². The summed E-state index contributed by atoms with van der Waals surface area (Å²) in [4.78, 5) is 16.7. The zero-order valence-electron chi connectivity index (χ0n) is 45.3. The van der Waals surface area contributed by atoms with Gasteiger partial charge in [0.1, 0.15) is 11.2 Å². The fraction of sp³-hybridized carbons (Fsp3) is 0. The predicted octanol–water partition coefficient (Wildman–Crippen LogP) is 15.8. The van der Waals surface area contributed by atoms with E-state index in [2.05, 4.69) is 41.0 Å². The van der Waals surface area contributed by atoms with Gasteiger partial charge in [-0.3, -0.25) is 9.13 Å². The molecule has 71 heavy (non-hydrogen) atoms. The number of hydrogen-bond acceptors (Lipinski definition) is 4. The normalized spacial score (nSPS) is 13.8. The third-order valence-corrected chi connectivity index (χ3v) is 14.1. The summed E-state index contributed by atoms with van der Waals surface area (Å²) in [6, 6.07) is 54.2. The molecule has 8 heteroatoms. The van der Waals surface area contributed by atoms with E-state index < -0.39 is 48.3 Å². The minimum atomic E-state index is -0.538. The van der Waals surface area contributed by atoms with Gasteiger partial charge in [0.2, 0.25) is 11.9 Å². The second-order valence-corrected chi connectivity index (χ2v) is 17.7. The van der Waals surface area contributed by atoms with E-state index in [1.165, 1.54) is 0 Å². The molecular formula is C63H37N7O. The highest BCUT2D eigenvalue weighted by molar-refractivity contribution is 6.25. The molecule has 0 radical (unpaired) electrons. The smallest absolute Gasteiger partial charge is 0.240 e. The van der Waals surface area contributed by atoms with Crippen LogP contribution in [-0.2, 0) is 0 Å². The van der Waals surface area contributed by atoms with Crippen LogP contribution in [0.4, 0.5) is 0 Å². The number of para-hydroxylation sites is 8. The Bertz CT molecular complexity index is 5080. The Kier molecular flexibility index (Phi) is 6.33. The zero-order chi connectivity index (χ0) is 53.3. The van der Waals surface area contributed by atoms with Gasteiger partial charge in [0.05, 0.1) is 77.4 Å². The van der Waals surface area contributed by atoms with Crippen molar-refractivity contribution in [3.8, 4) is 34.7 Å². The minimum Gasteiger partial charge on any atom is -0.456 e. The van der Waals surface area contributed by atoms with Crippen molar-refractivity contribution in [3.05, 3.63) is 224 Å². The van der Waals surface area contributed by atoms with E-state index in [4.69, 9.17) is 24.9 Å². The summed E-state index contributed by atoms with van der Waals surface area (Å²) >= 11 is 0. The lowest BCUT2D eigenvalue weighted by molar-refractivity contribution is 0.669. The Balaban J connectivity index is 1.16. The topological polar surface area (TPSA) is 71.5 Å². The zero-order valence-corrected chi connectivity index (χ0v) is 37.3. The van der Waals surface area contributed by atoms with Crippen molar-refractivity contribution in [3.63, 3.8) is 0 Å². The van der Waals surface area contributed by atoms with Gasteiger partial charge in [0.25, 0.3) is 0 Å². The number of aromatic nitrogens is 7. The van der Waals surface area contributed by atoms with Gasteiger partial charge in [-0.2, -0.15) is 15.0 Å². The van der Waals surface area contributed by atoms with Gasteiger partial charge < -0.3 is 13.6 Å². The maximum absolute atomic E-state index is 9.70. The molecule has 10 aromatic carbocycles. The molecule has 6 aromatic heterocycles. The monoisotopic (exact) mass is 915 g/mol. The molecule has 0 bridgehead atoms. The fourth-order valence-corrected chi connectivity index (χ4v) is 11.2. The van der Waals surface area contributed by atoms with Crippen molar-refractivity contribution >= 4 is 109 Å². The van der Waals surface area contributed by atoms with Crippen molar-refractivity contribution < 1.29 is 15.4 Å². The van der Waals surface area contributed by atoms with Gasteiger partial charge in [-0.15, -0.1) is 0 Å². The lowest BCUT2D eigenvalue weighted by atomic mass is 10.1. The Morgan fingerprint density at radius 2 is 0.761 bits per heavy atom. The van der Waals surface area contributed by atoms with Gasteiger partial charge in [0, 0.05) is 48.5 Å². The van der Waals surface area contributed by atoms with Gasteiger partial charge in [0.15, 0.2) is 5.82 Å². The summed E-state index contributed by atoms with van der Waals surface area (Å²) in [5.41, 5.74) is 7.45. The van der Waals surface area contributed by atoms with Crippen LogP contribution >= 0.6 is 0 Å². The second kappa shape index (κ2) is 14.4. The van der Waals surface area contributed by atoms with E-state index in [9.17, 15) is 5.48 Å². The molecule has 6 heterocycles. The third kappa shape index (κ3) is 5.25. The lowest BCUT2D eigenvalue weighted by Crippen LogP contribution is -2.12. The van der Waals surface area contributed by atoms with Crippen LogP contribution in [-0.4, -0.2) is 33.2 Å². The number of hydrogen-bond donors (Lipinski definition) is 0. The second-order valence-electron chi connectivity index (χ2n) is 17.7. The van der Waals surface area contributed by atoms with Crippen molar-refractivity contribution in [2.24, 2.45) is 0 Å². The van der Waals surface area contributed by atoms with E-state index in [1.54, 1.807) is 10.6 Å². The molecule has 0 aliphatic heterocycles. The van der Waals surface area contributed by atoms with Crippen molar-refractivity contribution in [2.45, 2.75) is 0 Å². The predicted molar refractivity (Wildman–Crippen MR) is 290 cm³/mol. The van der Waals surface area contributed by atoms with Crippen LogP contribution in [0, 0.1) is 0 Å². The van der Waals surface area contributed by atoms with Crippen LogP contribution in [0.1, 0.15) is 11.0 Å². The summed E-state index contributed by atoms with van der Waals surface area (Å²) in [6.07, 6.45) is 0. The average molecular weight is 916 g/mol. The lowest BCUT2D eigenvalue weighted by Gasteiger charge is -2.20. The maximum atomic E-state index is 9.70. The van der Waals surface area contributed by atoms with Crippen molar-refractivity contribution in [2.75, 3.05) is 0 Å². The summed E-state index contributed by atoms with van der Waals surface area (Å²) in [5.74, 6) is 0.703. The summed E-state index contributed by atoms with van der Waals surface area (Å²) in [5, 5.41) is 7.43. The summed E-state index contributed by atoms with van der Waals surface area (Å²) in [6.45, 7) is 0. The van der Waals surface area contributed by atoms with E-state index in [0.29, 0.717) is 22.4 Å². The first-order chi connectivity index (χ1) is 38.6. The van der Waals surface area contributed by atoms with Gasteiger partial charge in [-0.1, -0.05) is 152 Å². The van der Waals surface area contributed by atoms with Gasteiger partial charge >= 0.3 is 0 Å². The molecule has 0 N–H and O–H groups in total. The minimum absolute atomic E-state index is 0.0452. The molecule has 0 atom stereocenters. The highest BCUT2D eigenvalue weighted by atomic mass is 16.3. The number of furan rings is 1. The molecule has 0 amide bonds. The molecule has 8 nitrogen and oxygen atoms in total. The largest absolute Gasteiger partial charge is 0.456 e. The summed E-state index contributed by atoms with van der Waals surface area (Å²) in [7, 11) is 0.